The molecule has 3 N–H and O–H groups in total. The average Bonchev–Trinajstić information content (AvgIpc) is 2.47. The molecule has 0 aromatic heterocycles. The number of ether oxygens (including phenoxy) is 1. The molecule has 0 spiro atoms. The third-order valence-corrected chi connectivity index (χ3v) is 4.73. The number of aliphatic hydroxyl groups is 1. The summed E-state index contributed by atoms with van der Waals surface area (Å²) in [5, 5.41) is 9.96. The summed E-state index contributed by atoms with van der Waals surface area (Å²) in [6.45, 7) is 2.32. The van der Waals surface area contributed by atoms with Crippen LogP contribution in [-0.2, 0) is 4.74 Å². The largest absolute Gasteiger partial charge is 0.388 e. The van der Waals surface area contributed by atoms with Crippen molar-refractivity contribution in [3.05, 3.63) is 29.8 Å². The van der Waals surface area contributed by atoms with E-state index in [1.165, 1.54) is 17.7 Å². The van der Waals surface area contributed by atoms with Crippen molar-refractivity contribution >= 4 is 11.8 Å². The van der Waals surface area contributed by atoms with E-state index in [2.05, 4.69) is 12.1 Å². The summed E-state index contributed by atoms with van der Waals surface area (Å²) in [5.41, 5.74) is 6.46. The van der Waals surface area contributed by atoms with E-state index in [0.717, 1.165) is 30.4 Å². The second kappa shape index (κ2) is 7.90. The fourth-order valence-electron chi connectivity index (χ4n) is 2.26. The highest BCUT2D eigenvalue weighted by Gasteiger charge is 2.14. The van der Waals surface area contributed by atoms with Crippen molar-refractivity contribution in [3.63, 3.8) is 0 Å². The molecule has 1 aliphatic rings. The number of rotatable bonds is 6. The van der Waals surface area contributed by atoms with Crippen LogP contribution in [0, 0.1) is 5.92 Å². The number of aliphatic hydroxyl groups excluding tert-OH is 1. The monoisotopic (exact) mass is 281 g/mol. The first-order chi connectivity index (χ1) is 9.29. The van der Waals surface area contributed by atoms with Gasteiger partial charge in [-0.15, -0.1) is 11.8 Å². The Bertz CT molecular complexity index is 380. The lowest BCUT2D eigenvalue weighted by Crippen LogP contribution is -2.17. The smallest absolute Gasteiger partial charge is 0.0802 e. The van der Waals surface area contributed by atoms with E-state index >= 15 is 0 Å². The Morgan fingerprint density at radius 3 is 2.89 bits per heavy atom. The van der Waals surface area contributed by atoms with Gasteiger partial charge in [-0.05, 0) is 49.4 Å². The second-order valence-corrected chi connectivity index (χ2v) is 6.13. The van der Waals surface area contributed by atoms with Gasteiger partial charge in [-0.1, -0.05) is 12.1 Å². The number of thioether (sulfide) groups is 1. The van der Waals surface area contributed by atoms with Crippen molar-refractivity contribution in [3.8, 4) is 0 Å². The quantitative estimate of drug-likeness (QED) is 0.787. The predicted molar refractivity (Wildman–Crippen MR) is 79.3 cm³/mol. The lowest BCUT2D eigenvalue weighted by Gasteiger charge is -2.21. The summed E-state index contributed by atoms with van der Waals surface area (Å²) in [5.74, 6) is 1.90. The van der Waals surface area contributed by atoms with Gasteiger partial charge in [0.25, 0.3) is 0 Å². The van der Waals surface area contributed by atoms with Gasteiger partial charge in [-0.3, -0.25) is 0 Å². The van der Waals surface area contributed by atoms with Gasteiger partial charge in [0.05, 0.1) is 6.10 Å². The van der Waals surface area contributed by atoms with Crippen LogP contribution >= 0.6 is 11.8 Å². The molecule has 1 heterocycles. The molecule has 106 valence electrons. The van der Waals surface area contributed by atoms with Crippen LogP contribution in [0.3, 0.4) is 0 Å². The molecule has 2 rings (SSSR count). The minimum Gasteiger partial charge on any atom is -0.388 e. The summed E-state index contributed by atoms with van der Waals surface area (Å²) < 4.78 is 5.38. The van der Waals surface area contributed by atoms with Crippen molar-refractivity contribution in [2.24, 2.45) is 11.7 Å². The Morgan fingerprint density at radius 1 is 1.37 bits per heavy atom. The molecule has 0 bridgehead atoms. The van der Waals surface area contributed by atoms with Crippen molar-refractivity contribution in [1.29, 1.82) is 0 Å². The highest BCUT2D eigenvalue weighted by atomic mass is 32.2. The van der Waals surface area contributed by atoms with Gasteiger partial charge >= 0.3 is 0 Å². The van der Waals surface area contributed by atoms with E-state index < -0.39 is 6.10 Å². The van der Waals surface area contributed by atoms with Gasteiger partial charge < -0.3 is 15.6 Å². The lowest BCUT2D eigenvalue weighted by atomic mass is 10.0. The van der Waals surface area contributed by atoms with Crippen LogP contribution in [0.1, 0.15) is 30.9 Å². The zero-order chi connectivity index (χ0) is 13.5. The Morgan fingerprint density at radius 2 is 2.16 bits per heavy atom. The number of benzene rings is 1. The van der Waals surface area contributed by atoms with Crippen LogP contribution in [0.4, 0.5) is 0 Å². The summed E-state index contributed by atoms with van der Waals surface area (Å²) in [6, 6.07) is 8.19. The molecule has 1 atom stereocenters. The molecule has 1 aromatic carbocycles. The summed E-state index contributed by atoms with van der Waals surface area (Å²) in [7, 11) is 0. The first-order valence-electron chi connectivity index (χ1n) is 6.98. The van der Waals surface area contributed by atoms with Gasteiger partial charge in [-0.25, -0.2) is 0 Å². The fourth-order valence-corrected chi connectivity index (χ4v) is 3.42. The first-order valence-corrected chi connectivity index (χ1v) is 7.97. The van der Waals surface area contributed by atoms with E-state index in [4.69, 9.17) is 10.5 Å². The van der Waals surface area contributed by atoms with Gasteiger partial charge in [-0.2, -0.15) is 0 Å². The molecule has 19 heavy (non-hydrogen) atoms. The van der Waals surface area contributed by atoms with Gasteiger partial charge in [0.15, 0.2) is 0 Å². The molecule has 1 saturated heterocycles. The molecule has 1 fully saturated rings. The Balaban J connectivity index is 1.87. The Labute approximate surface area is 119 Å². The van der Waals surface area contributed by atoms with Gasteiger partial charge in [0.1, 0.15) is 0 Å². The maximum absolute atomic E-state index is 9.96. The van der Waals surface area contributed by atoms with Crippen molar-refractivity contribution < 1.29 is 9.84 Å². The predicted octanol–water partition coefficient (Wildman–Crippen LogP) is 2.59. The van der Waals surface area contributed by atoms with Crippen LogP contribution < -0.4 is 5.73 Å². The first kappa shape index (κ1) is 14.9. The van der Waals surface area contributed by atoms with Crippen molar-refractivity contribution in [1.82, 2.24) is 0 Å². The Hall–Kier alpha value is -0.550. The van der Waals surface area contributed by atoms with E-state index in [0.29, 0.717) is 13.0 Å². The van der Waals surface area contributed by atoms with Crippen LogP contribution in [0.2, 0.25) is 0 Å². The molecule has 0 amide bonds. The number of hydrogen-bond acceptors (Lipinski definition) is 4. The van der Waals surface area contributed by atoms with E-state index in [1.807, 2.05) is 23.9 Å². The standard InChI is InChI=1S/C15H23NO2S/c16-7-4-15(17)13-2-1-3-14(10-13)19-11-12-5-8-18-9-6-12/h1-3,10,12,15,17H,4-9,11,16H2. The number of nitrogens with two attached hydrogens (primary N) is 1. The van der Waals surface area contributed by atoms with Crippen LogP contribution in [0.15, 0.2) is 29.2 Å². The second-order valence-electron chi connectivity index (χ2n) is 5.03. The highest BCUT2D eigenvalue weighted by Crippen LogP contribution is 2.28. The van der Waals surface area contributed by atoms with Gasteiger partial charge in [0.2, 0.25) is 0 Å². The van der Waals surface area contributed by atoms with E-state index in [9.17, 15) is 5.11 Å². The molecule has 3 nitrogen and oxygen atoms in total. The minimum atomic E-state index is -0.436. The topological polar surface area (TPSA) is 55.5 Å². The van der Waals surface area contributed by atoms with Crippen molar-refractivity contribution in [2.75, 3.05) is 25.5 Å². The molecule has 1 unspecified atom stereocenters. The van der Waals surface area contributed by atoms with E-state index in [1.54, 1.807) is 0 Å². The minimum absolute atomic E-state index is 0.436. The highest BCUT2D eigenvalue weighted by molar-refractivity contribution is 7.99. The molecular formula is C15H23NO2S. The zero-order valence-electron chi connectivity index (χ0n) is 11.3. The fraction of sp³-hybridized carbons (Fsp3) is 0.600. The van der Waals surface area contributed by atoms with Crippen molar-refractivity contribution in [2.45, 2.75) is 30.3 Å². The Kier molecular flexibility index (Phi) is 6.17. The maximum atomic E-state index is 9.96. The summed E-state index contributed by atoms with van der Waals surface area (Å²) in [6.07, 6.45) is 2.52. The summed E-state index contributed by atoms with van der Waals surface area (Å²) >= 11 is 1.88. The SMILES string of the molecule is NCCC(O)c1cccc(SCC2CCOCC2)c1. The molecular weight excluding hydrogens is 258 g/mol. The zero-order valence-corrected chi connectivity index (χ0v) is 12.1. The third-order valence-electron chi connectivity index (χ3n) is 3.51. The normalized spacial score (nSPS) is 18.4. The van der Waals surface area contributed by atoms with E-state index in [-0.39, 0.29) is 0 Å². The van der Waals surface area contributed by atoms with Crippen LogP contribution in [0.25, 0.3) is 0 Å². The average molecular weight is 281 g/mol. The molecule has 1 aromatic rings. The third kappa shape index (κ3) is 4.80. The molecule has 0 aliphatic carbocycles. The molecule has 0 radical (unpaired) electrons. The van der Waals surface area contributed by atoms with Crippen LogP contribution in [-0.4, -0.2) is 30.6 Å². The lowest BCUT2D eigenvalue weighted by molar-refractivity contribution is 0.0728. The van der Waals surface area contributed by atoms with Crippen LogP contribution in [0.5, 0.6) is 0 Å². The number of hydrogen-bond donors (Lipinski definition) is 2. The molecule has 0 saturated carbocycles. The molecule has 1 aliphatic heterocycles. The maximum Gasteiger partial charge on any atom is 0.0802 e. The molecule has 4 heteroatoms. The van der Waals surface area contributed by atoms with Gasteiger partial charge in [0, 0.05) is 23.9 Å². The summed E-state index contributed by atoms with van der Waals surface area (Å²) in [4.78, 5) is 1.24.